The molecule has 2 heterocycles. The summed E-state index contributed by atoms with van der Waals surface area (Å²) in [4.78, 5) is 3.67. The minimum atomic E-state index is -3.16. The first-order chi connectivity index (χ1) is 9.52. The number of sulfonamides is 2. The summed E-state index contributed by atoms with van der Waals surface area (Å²) in [5.41, 5.74) is 0. The van der Waals surface area contributed by atoms with Gasteiger partial charge in [-0.1, -0.05) is 0 Å². The number of hydrogen-bond donors (Lipinski definition) is 0. The number of hydrogen-bond acceptors (Lipinski definition) is 6. The van der Waals surface area contributed by atoms with E-state index >= 15 is 0 Å². The minimum absolute atomic E-state index is 0.140. The van der Waals surface area contributed by atoms with E-state index in [1.807, 2.05) is 23.9 Å². The predicted octanol–water partition coefficient (Wildman–Crippen LogP) is -0.250. The average molecular weight is 338 g/mol. The van der Waals surface area contributed by atoms with E-state index in [1.54, 1.807) is 13.8 Å². The Bertz CT molecular complexity index is 637. The van der Waals surface area contributed by atoms with Gasteiger partial charge in [-0.3, -0.25) is 0 Å². The molecule has 0 fully saturated rings. The fourth-order valence-corrected chi connectivity index (χ4v) is 3.96. The molecule has 8 nitrogen and oxygen atoms in total. The first-order valence-electron chi connectivity index (χ1n) is 6.53. The van der Waals surface area contributed by atoms with Crippen LogP contribution in [0.1, 0.15) is 20.3 Å². The van der Waals surface area contributed by atoms with Crippen molar-refractivity contribution in [3.8, 4) is 0 Å². The molecule has 0 atom stereocenters. The van der Waals surface area contributed by atoms with Crippen molar-refractivity contribution >= 4 is 31.7 Å². The van der Waals surface area contributed by atoms with Crippen molar-refractivity contribution in [2.45, 2.75) is 20.3 Å². The van der Waals surface area contributed by atoms with Gasteiger partial charge in [0.25, 0.3) is 20.0 Å². The van der Waals surface area contributed by atoms with E-state index in [2.05, 4.69) is 8.80 Å². The molecule has 0 saturated carbocycles. The topological polar surface area (TPSA) is 99.5 Å². The van der Waals surface area contributed by atoms with E-state index in [0.29, 0.717) is 24.6 Å². The molecule has 0 aliphatic carbocycles. The third kappa shape index (κ3) is 6.00. The molecule has 122 valence electrons. The fraction of sp³-hybridized carbons (Fsp3) is 0.818. The Morgan fingerprint density at radius 3 is 1.76 bits per heavy atom. The van der Waals surface area contributed by atoms with E-state index < -0.39 is 20.0 Å². The second kappa shape index (κ2) is 6.73. The van der Waals surface area contributed by atoms with Gasteiger partial charge in [-0.2, -0.15) is 8.80 Å². The van der Waals surface area contributed by atoms with Crippen molar-refractivity contribution in [2.75, 3.05) is 38.7 Å². The van der Waals surface area contributed by atoms with E-state index in [-0.39, 0.29) is 11.5 Å². The minimum Gasteiger partial charge on any atom is -0.363 e. The van der Waals surface area contributed by atoms with Gasteiger partial charge in [-0.15, -0.1) is 0 Å². The smallest absolute Gasteiger partial charge is 0.256 e. The maximum Gasteiger partial charge on any atom is 0.256 e. The monoisotopic (exact) mass is 338 g/mol. The summed E-state index contributed by atoms with van der Waals surface area (Å²) in [5.74, 6) is 1.48. The Morgan fingerprint density at radius 1 is 0.810 bits per heavy atom. The standard InChI is InChI=1S/C6H12N2O2S.C5H10N2O2S/c1-6-7-11(9,10)5-3-4-8(6)2;1-5-6-10(8,9)4-3-7(5)2/h3-5H2,1-2H3;3-4H2,1-2H3. The van der Waals surface area contributed by atoms with Crippen molar-refractivity contribution in [3.05, 3.63) is 0 Å². The van der Waals surface area contributed by atoms with Crippen LogP contribution in [0.5, 0.6) is 0 Å². The van der Waals surface area contributed by atoms with Crippen LogP contribution in [0, 0.1) is 0 Å². The highest BCUT2D eigenvalue weighted by molar-refractivity contribution is 7.90. The maximum absolute atomic E-state index is 11.0. The molecule has 0 spiro atoms. The highest BCUT2D eigenvalue weighted by Crippen LogP contribution is 2.05. The van der Waals surface area contributed by atoms with Crippen molar-refractivity contribution in [1.29, 1.82) is 0 Å². The van der Waals surface area contributed by atoms with Gasteiger partial charge < -0.3 is 9.80 Å². The molecule has 0 bridgehead atoms. The Hall–Kier alpha value is -1.16. The highest BCUT2D eigenvalue weighted by Gasteiger charge is 2.17. The van der Waals surface area contributed by atoms with Crippen molar-refractivity contribution in [1.82, 2.24) is 9.80 Å². The summed E-state index contributed by atoms with van der Waals surface area (Å²) >= 11 is 0. The summed E-state index contributed by atoms with van der Waals surface area (Å²) in [7, 11) is -2.60. The van der Waals surface area contributed by atoms with E-state index in [4.69, 9.17) is 0 Å². The highest BCUT2D eigenvalue weighted by atomic mass is 32.2. The Kier molecular flexibility index (Phi) is 5.74. The summed E-state index contributed by atoms with van der Waals surface area (Å²) in [6.45, 7) is 4.73. The van der Waals surface area contributed by atoms with Crippen LogP contribution in [-0.2, 0) is 20.0 Å². The first kappa shape index (κ1) is 17.9. The lowest BCUT2D eigenvalue weighted by atomic mass is 10.4. The Labute approximate surface area is 126 Å². The van der Waals surface area contributed by atoms with Gasteiger partial charge >= 0.3 is 0 Å². The van der Waals surface area contributed by atoms with Crippen LogP contribution in [0.2, 0.25) is 0 Å². The second-order valence-corrected chi connectivity index (χ2v) is 8.56. The Morgan fingerprint density at radius 2 is 1.24 bits per heavy atom. The van der Waals surface area contributed by atoms with Gasteiger partial charge in [0.05, 0.1) is 11.5 Å². The SMILES string of the molecule is CC1=NS(=O)(=O)CCCN1C.CC1=NS(=O)(=O)CCN1C. The molecule has 2 aliphatic rings. The molecule has 0 aromatic carbocycles. The molecule has 0 amide bonds. The first-order valence-corrected chi connectivity index (χ1v) is 9.75. The zero-order chi connectivity index (χ0) is 16.3. The van der Waals surface area contributed by atoms with Gasteiger partial charge in [0.15, 0.2) is 0 Å². The third-order valence-electron chi connectivity index (χ3n) is 3.23. The van der Waals surface area contributed by atoms with E-state index in [0.717, 1.165) is 6.54 Å². The average Bonchev–Trinajstić information content (AvgIpc) is 2.44. The zero-order valence-corrected chi connectivity index (χ0v) is 14.4. The van der Waals surface area contributed by atoms with Crippen LogP contribution < -0.4 is 0 Å². The molecular formula is C11H22N4O4S2. The number of amidine groups is 2. The van der Waals surface area contributed by atoms with Crippen LogP contribution in [0.15, 0.2) is 8.80 Å². The lowest BCUT2D eigenvalue weighted by Crippen LogP contribution is -2.34. The van der Waals surface area contributed by atoms with Gasteiger partial charge in [0, 0.05) is 27.2 Å². The van der Waals surface area contributed by atoms with Crippen LogP contribution >= 0.6 is 0 Å². The third-order valence-corrected chi connectivity index (χ3v) is 5.82. The molecule has 0 aromatic rings. The van der Waals surface area contributed by atoms with E-state index in [9.17, 15) is 16.8 Å². The summed E-state index contributed by atoms with van der Waals surface area (Å²) in [6, 6.07) is 0. The molecule has 0 unspecified atom stereocenters. The molecule has 0 radical (unpaired) electrons. The molecule has 0 N–H and O–H groups in total. The maximum atomic E-state index is 11.0. The molecule has 10 heteroatoms. The molecule has 0 saturated heterocycles. The van der Waals surface area contributed by atoms with Crippen LogP contribution in [-0.4, -0.2) is 77.0 Å². The molecular weight excluding hydrogens is 316 g/mol. The molecule has 2 aliphatic heterocycles. The van der Waals surface area contributed by atoms with E-state index in [1.165, 1.54) is 0 Å². The summed E-state index contributed by atoms with van der Waals surface area (Å²) < 4.78 is 50.7. The van der Waals surface area contributed by atoms with Gasteiger partial charge in [-0.25, -0.2) is 16.8 Å². The quantitative estimate of drug-likeness (QED) is 0.604. The summed E-state index contributed by atoms with van der Waals surface area (Å²) in [5, 5.41) is 0. The molecule has 0 aromatic heterocycles. The van der Waals surface area contributed by atoms with Gasteiger partial charge in [0.2, 0.25) is 0 Å². The largest absolute Gasteiger partial charge is 0.363 e. The second-order valence-electron chi connectivity index (χ2n) is 5.05. The number of rotatable bonds is 0. The van der Waals surface area contributed by atoms with Crippen molar-refractivity contribution in [2.24, 2.45) is 8.80 Å². The lowest BCUT2D eigenvalue weighted by molar-refractivity contribution is 0.503. The summed E-state index contributed by atoms with van der Waals surface area (Å²) in [6.07, 6.45) is 0.666. The molecule has 2 rings (SSSR count). The van der Waals surface area contributed by atoms with Gasteiger partial charge in [-0.05, 0) is 20.3 Å². The van der Waals surface area contributed by atoms with Crippen LogP contribution in [0.3, 0.4) is 0 Å². The predicted molar refractivity (Wildman–Crippen MR) is 83.7 cm³/mol. The van der Waals surface area contributed by atoms with Crippen molar-refractivity contribution < 1.29 is 16.8 Å². The number of nitrogens with zero attached hydrogens (tertiary/aromatic N) is 4. The Balaban J connectivity index is 0.000000211. The fourth-order valence-electron chi connectivity index (χ4n) is 1.69. The van der Waals surface area contributed by atoms with Gasteiger partial charge in [0.1, 0.15) is 11.7 Å². The molecule has 21 heavy (non-hydrogen) atoms. The lowest BCUT2D eigenvalue weighted by Gasteiger charge is -2.21. The van der Waals surface area contributed by atoms with Crippen LogP contribution in [0.4, 0.5) is 0 Å². The zero-order valence-electron chi connectivity index (χ0n) is 12.8. The van der Waals surface area contributed by atoms with Crippen molar-refractivity contribution in [3.63, 3.8) is 0 Å². The normalized spacial score (nSPS) is 24.2. The van der Waals surface area contributed by atoms with Crippen LogP contribution in [0.25, 0.3) is 0 Å².